The van der Waals surface area contributed by atoms with Crippen LogP contribution in [0.15, 0.2) is 48.5 Å². The lowest BCUT2D eigenvalue weighted by atomic mass is 9.48. The average molecular weight is 429 g/mol. The summed E-state index contributed by atoms with van der Waals surface area (Å²) in [4.78, 5) is 11.1. The predicted molar refractivity (Wildman–Crippen MR) is 123 cm³/mol. The van der Waals surface area contributed by atoms with E-state index in [0.717, 1.165) is 46.0 Å². The number of hydrogen-bond donors (Lipinski definition) is 2. The van der Waals surface area contributed by atoms with Gasteiger partial charge in [-0.2, -0.15) is 5.10 Å². The van der Waals surface area contributed by atoms with E-state index in [1.165, 1.54) is 44.1 Å². The number of nitrogens with one attached hydrogen (secondary N) is 1. The van der Waals surface area contributed by atoms with Gasteiger partial charge in [-0.15, -0.1) is 0 Å². The molecule has 5 nitrogen and oxygen atoms in total. The summed E-state index contributed by atoms with van der Waals surface area (Å²) in [7, 11) is 1.78. The molecular weight excluding hydrogens is 400 g/mol. The number of aromatic amines is 1. The van der Waals surface area contributed by atoms with E-state index >= 15 is 0 Å². The quantitative estimate of drug-likeness (QED) is 0.529. The van der Waals surface area contributed by atoms with Crippen LogP contribution in [0.4, 0.5) is 0 Å². The second-order valence-corrected chi connectivity index (χ2v) is 10.2. The van der Waals surface area contributed by atoms with Gasteiger partial charge in [0.25, 0.3) is 0 Å². The Morgan fingerprint density at radius 3 is 2.19 bits per heavy atom. The first kappa shape index (κ1) is 19.6. The van der Waals surface area contributed by atoms with Gasteiger partial charge in [0.1, 0.15) is 5.75 Å². The van der Waals surface area contributed by atoms with E-state index in [-0.39, 0.29) is 11.0 Å². The topological polar surface area (TPSA) is 75.2 Å². The molecule has 4 saturated carbocycles. The van der Waals surface area contributed by atoms with Crippen LogP contribution in [-0.4, -0.2) is 28.4 Å². The largest absolute Gasteiger partial charge is 0.496 e. The second-order valence-electron chi connectivity index (χ2n) is 10.2. The van der Waals surface area contributed by atoms with Crippen LogP contribution >= 0.6 is 0 Å². The third kappa shape index (κ3) is 3.14. The number of carbonyl (C=O) groups is 1. The van der Waals surface area contributed by atoms with E-state index in [9.17, 15) is 4.79 Å². The SMILES string of the molecule is COc1ccc(-c2cc(-c3ccc(C(=O)O)cc3)[nH]n2)cc1C12CC3CC(CC(C3)C1)C2. The van der Waals surface area contributed by atoms with Crippen molar-refractivity contribution >= 4 is 5.97 Å². The highest BCUT2D eigenvalue weighted by atomic mass is 16.5. The first-order valence-corrected chi connectivity index (χ1v) is 11.6. The van der Waals surface area contributed by atoms with Gasteiger partial charge in [0.15, 0.2) is 0 Å². The molecule has 7 rings (SSSR count). The lowest BCUT2D eigenvalue weighted by Gasteiger charge is -2.57. The Hall–Kier alpha value is -3.08. The van der Waals surface area contributed by atoms with Gasteiger partial charge in [-0.25, -0.2) is 4.79 Å². The Morgan fingerprint density at radius 1 is 0.969 bits per heavy atom. The number of ether oxygens (including phenoxy) is 1. The van der Waals surface area contributed by atoms with E-state index in [1.54, 1.807) is 19.2 Å². The van der Waals surface area contributed by atoms with Crippen molar-refractivity contribution in [2.75, 3.05) is 7.11 Å². The molecule has 32 heavy (non-hydrogen) atoms. The minimum Gasteiger partial charge on any atom is -0.496 e. The number of H-pyrrole nitrogens is 1. The number of nitrogens with zero attached hydrogens (tertiary/aromatic N) is 1. The van der Waals surface area contributed by atoms with Crippen LogP contribution in [0.2, 0.25) is 0 Å². The lowest BCUT2D eigenvalue weighted by Crippen LogP contribution is -2.48. The molecule has 2 aromatic carbocycles. The maximum atomic E-state index is 11.1. The molecule has 0 aliphatic heterocycles. The standard InChI is InChI=1S/C27H28N2O3/c1-32-25-7-6-21(11-22(25)27-13-16-8-17(14-27)10-18(9-16)15-27)24-12-23(28-29-24)19-2-4-20(5-3-19)26(30)31/h2-7,11-12,16-18H,8-10,13-15H2,1H3,(H,28,29)(H,30,31). The molecule has 1 aromatic heterocycles. The number of hydrogen-bond acceptors (Lipinski definition) is 3. The van der Waals surface area contributed by atoms with Crippen molar-refractivity contribution < 1.29 is 14.6 Å². The van der Waals surface area contributed by atoms with E-state index in [2.05, 4.69) is 28.4 Å². The lowest BCUT2D eigenvalue weighted by molar-refractivity contribution is -0.00613. The fourth-order valence-corrected chi connectivity index (χ4v) is 7.13. The Kier molecular flexibility index (Phi) is 4.42. The molecule has 164 valence electrons. The fraction of sp³-hybridized carbons (Fsp3) is 0.407. The summed E-state index contributed by atoms with van der Waals surface area (Å²) in [5.41, 5.74) is 5.70. The highest BCUT2D eigenvalue weighted by Crippen LogP contribution is 2.62. The van der Waals surface area contributed by atoms with Gasteiger partial charge in [-0.3, -0.25) is 5.10 Å². The van der Waals surface area contributed by atoms with Crippen molar-refractivity contribution in [1.29, 1.82) is 0 Å². The Balaban J connectivity index is 1.35. The molecule has 4 aliphatic carbocycles. The monoisotopic (exact) mass is 428 g/mol. The normalized spacial score (nSPS) is 28.1. The van der Waals surface area contributed by atoms with Gasteiger partial charge in [0, 0.05) is 11.1 Å². The molecule has 4 fully saturated rings. The molecule has 5 heteroatoms. The molecule has 3 aromatic rings. The minimum atomic E-state index is -0.919. The highest BCUT2D eigenvalue weighted by Gasteiger charge is 2.52. The number of benzene rings is 2. The van der Waals surface area contributed by atoms with E-state index < -0.39 is 5.97 Å². The molecule has 0 radical (unpaired) electrons. The molecule has 2 N–H and O–H groups in total. The zero-order chi connectivity index (χ0) is 21.9. The molecule has 0 amide bonds. The molecule has 0 spiro atoms. The van der Waals surface area contributed by atoms with Gasteiger partial charge in [0.05, 0.1) is 24.1 Å². The molecule has 0 saturated heterocycles. The number of carboxylic acids is 1. The predicted octanol–water partition coefficient (Wildman–Crippen LogP) is 5.92. The third-order valence-corrected chi connectivity index (χ3v) is 8.13. The number of rotatable bonds is 5. The van der Waals surface area contributed by atoms with Crippen LogP contribution in [0.25, 0.3) is 22.5 Å². The first-order chi connectivity index (χ1) is 15.5. The summed E-state index contributed by atoms with van der Waals surface area (Å²) in [5.74, 6) is 2.72. The third-order valence-electron chi connectivity index (χ3n) is 8.13. The molecule has 1 heterocycles. The van der Waals surface area contributed by atoms with Crippen molar-refractivity contribution in [3.8, 4) is 28.3 Å². The van der Waals surface area contributed by atoms with Crippen molar-refractivity contribution in [3.63, 3.8) is 0 Å². The maximum absolute atomic E-state index is 11.1. The Bertz CT molecular complexity index is 1140. The fourth-order valence-electron chi connectivity index (χ4n) is 7.13. The summed E-state index contributed by atoms with van der Waals surface area (Å²) >= 11 is 0. The number of aromatic carboxylic acids is 1. The van der Waals surface area contributed by atoms with Crippen molar-refractivity contribution in [3.05, 3.63) is 59.7 Å². The summed E-state index contributed by atoms with van der Waals surface area (Å²) in [6, 6.07) is 15.4. The summed E-state index contributed by atoms with van der Waals surface area (Å²) in [6.07, 6.45) is 8.14. The van der Waals surface area contributed by atoms with Crippen LogP contribution < -0.4 is 4.74 Å². The van der Waals surface area contributed by atoms with Crippen LogP contribution in [0.3, 0.4) is 0 Å². The molecule has 4 bridgehead atoms. The first-order valence-electron chi connectivity index (χ1n) is 11.6. The average Bonchev–Trinajstić information content (AvgIpc) is 3.28. The van der Waals surface area contributed by atoms with Gasteiger partial charge >= 0.3 is 5.97 Å². The Labute approximate surface area is 187 Å². The van der Waals surface area contributed by atoms with Gasteiger partial charge in [-0.05, 0) is 104 Å². The molecule has 0 unspecified atom stereocenters. The van der Waals surface area contributed by atoms with Crippen molar-refractivity contribution in [2.24, 2.45) is 17.8 Å². The zero-order valence-electron chi connectivity index (χ0n) is 18.3. The second kappa shape index (κ2) is 7.22. The molecule has 0 atom stereocenters. The number of aromatic nitrogens is 2. The van der Waals surface area contributed by atoms with Crippen LogP contribution in [0.5, 0.6) is 5.75 Å². The van der Waals surface area contributed by atoms with E-state index in [0.29, 0.717) is 0 Å². The molecule has 4 aliphatic rings. The molecular formula is C27H28N2O3. The minimum absolute atomic E-state index is 0.252. The van der Waals surface area contributed by atoms with Gasteiger partial charge < -0.3 is 9.84 Å². The van der Waals surface area contributed by atoms with Crippen LogP contribution in [0.1, 0.15) is 54.4 Å². The summed E-state index contributed by atoms with van der Waals surface area (Å²) in [6.45, 7) is 0. The van der Waals surface area contributed by atoms with Gasteiger partial charge in [-0.1, -0.05) is 12.1 Å². The van der Waals surface area contributed by atoms with Crippen LogP contribution in [-0.2, 0) is 5.41 Å². The maximum Gasteiger partial charge on any atom is 0.335 e. The van der Waals surface area contributed by atoms with E-state index in [4.69, 9.17) is 9.84 Å². The smallest absolute Gasteiger partial charge is 0.335 e. The zero-order valence-corrected chi connectivity index (χ0v) is 18.3. The number of carboxylic acid groups (broad SMARTS) is 1. The highest BCUT2D eigenvalue weighted by molar-refractivity contribution is 5.88. The Morgan fingerprint density at radius 2 is 1.59 bits per heavy atom. The number of methoxy groups -OCH3 is 1. The van der Waals surface area contributed by atoms with Crippen molar-refractivity contribution in [2.45, 2.75) is 43.9 Å². The summed E-state index contributed by atoms with van der Waals surface area (Å²) < 4.78 is 5.85. The van der Waals surface area contributed by atoms with Gasteiger partial charge in [0.2, 0.25) is 0 Å². The summed E-state index contributed by atoms with van der Waals surface area (Å²) in [5, 5.41) is 16.8. The van der Waals surface area contributed by atoms with Crippen LogP contribution in [0, 0.1) is 17.8 Å². The van der Waals surface area contributed by atoms with E-state index in [1.807, 2.05) is 18.2 Å². The van der Waals surface area contributed by atoms with Crippen molar-refractivity contribution in [1.82, 2.24) is 10.2 Å².